The molecule has 0 radical (unpaired) electrons. The van der Waals surface area contributed by atoms with E-state index in [1.807, 2.05) is 0 Å². The van der Waals surface area contributed by atoms with Crippen LogP contribution in [-0.2, 0) is 0 Å². The molecule has 23 heavy (non-hydrogen) atoms. The molecule has 2 rings (SSSR count). The lowest BCUT2D eigenvalue weighted by Gasteiger charge is -2.24. The summed E-state index contributed by atoms with van der Waals surface area (Å²) < 4.78 is 69.0. The quantitative estimate of drug-likeness (QED) is 0.827. The van der Waals surface area contributed by atoms with E-state index in [0.717, 1.165) is 6.33 Å². The van der Waals surface area contributed by atoms with E-state index in [1.165, 1.54) is 24.3 Å². The van der Waals surface area contributed by atoms with Crippen molar-refractivity contribution in [3.8, 4) is 11.7 Å². The summed E-state index contributed by atoms with van der Waals surface area (Å²) in [6.07, 6.45) is -5.86. The molecule has 0 spiro atoms. The third kappa shape index (κ3) is 3.70. The maximum Gasteiger partial charge on any atom is 0.420 e. The Kier molecular flexibility index (Phi) is 4.45. The maximum absolute atomic E-state index is 13.3. The van der Waals surface area contributed by atoms with Gasteiger partial charge in [-0.15, -0.1) is 0 Å². The average molecular weight is 339 g/mol. The number of aromatic nitrogens is 5. The van der Waals surface area contributed by atoms with Crippen LogP contribution in [0.5, 0.6) is 5.88 Å². The van der Waals surface area contributed by atoms with Gasteiger partial charge in [-0.1, -0.05) is 0 Å². The van der Waals surface area contributed by atoms with Crippen molar-refractivity contribution < 1.29 is 31.8 Å². The monoisotopic (exact) mass is 339 g/mol. The fraction of sp³-hybridized carbons (Fsp3) is 0.455. The third-order valence-electron chi connectivity index (χ3n) is 2.76. The molecule has 0 saturated heterocycles. The molecule has 0 aliphatic carbocycles. The summed E-state index contributed by atoms with van der Waals surface area (Å²) in [4.78, 5) is 11.1. The largest absolute Gasteiger partial charge is 0.471 e. The molecule has 2 aromatic heterocycles. The molecule has 1 unspecified atom stereocenters. The molecule has 0 aromatic carbocycles. The van der Waals surface area contributed by atoms with Crippen LogP contribution < -0.4 is 4.74 Å². The van der Waals surface area contributed by atoms with Crippen molar-refractivity contribution in [1.29, 1.82) is 0 Å². The fourth-order valence-electron chi connectivity index (χ4n) is 1.60. The van der Waals surface area contributed by atoms with Gasteiger partial charge in [0, 0.05) is 0 Å². The van der Waals surface area contributed by atoms with E-state index in [4.69, 9.17) is 5.11 Å². The molecule has 2 aromatic rings. The zero-order chi connectivity index (χ0) is 17.3. The lowest BCUT2D eigenvalue weighted by molar-refractivity contribution is -0.274. The van der Waals surface area contributed by atoms with Crippen LogP contribution in [0.15, 0.2) is 19.0 Å². The van der Waals surface area contributed by atoms with Gasteiger partial charge in [0.25, 0.3) is 0 Å². The standard InChI is InChI=1S/C11H10F5N5O2/c1-6-7(21-5-17-3-20-21)18-4-19-8(6)23-2-10(12,13)9(22)11(14,15)16/h3-5,9,22H,2H2,1H3. The summed E-state index contributed by atoms with van der Waals surface area (Å²) in [5.41, 5.74) is 0.162. The van der Waals surface area contributed by atoms with Crippen molar-refractivity contribution in [1.82, 2.24) is 24.7 Å². The first-order valence-corrected chi connectivity index (χ1v) is 6.05. The molecule has 0 amide bonds. The molecule has 1 atom stereocenters. The second-order valence-electron chi connectivity index (χ2n) is 4.46. The van der Waals surface area contributed by atoms with E-state index in [1.54, 1.807) is 0 Å². The van der Waals surface area contributed by atoms with Gasteiger partial charge >= 0.3 is 12.1 Å². The van der Waals surface area contributed by atoms with Gasteiger partial charge < -0.3 is 9.84 Å². The Labute approximate surface area is 125 Å². The zero-order valence-corrected chi connectivity index (χ0v) is 11.5. The van der Waals surface area contributed by atoms with E-state index in [0.29, 0.717) is 0 Å². The lowest BCUT2D eigenvalue weighted by atomic mass is 10.2. The SMILES string of the molecule is Cc1c(OCC(F)(F)C(O)C(F)(F)F)ncnc1-n1cncn1. The molecule has 12 heteroatoms. The van der Waals surface area contributed by atoms with Crippen LogP contribution in [0.2, 0.25) is 0 Å². The number of aliphatic hydroxyl groups excluding tert-OH is 1. The second kappa shape index (κ2) is 6.02. The molecule has 126 valence electrons. The highest BCUT2D eigenvalue weighted by molar-refractivity contribution is 5.37. The first kappa shape index (κ1) is 17.0. The van der Waals surface area contributed by atoms with Crippen molar-refractivity contribution in [2.75, 3.05) is 6.61 Å². The molecular formula is C11H10F5N5O2. The molecule has 7 nitrogen and oxygen atoms in total. The van der Waals surface area contributed by atoms with Crippen molar-refractivity contribution in [2.24, 2.45) is 0 Å². The Morgan fingerprint density at radius 1 is 1.22 bits per heavy atom. The summed E-state index contributed by atoms with van der Waals surface area (Å²) in [5.74, 6) is -4.74. The summed E-state index contributed by atoms with van der Waals surface area (Å²) in [5, 5.41) is 12.4. The van der Waals surface area contributed by atoms with Gasteiger partial charge in [0.2, 0.25) is 12.0 Å². The summed E-state index contributed by atoms with van der Waals surface area (Å²) in [7, 11) is 0. The summed E-state index contributed by atoms with van der Waals surface area (Å²) in [6, 6.07) is 0. The van der Waals surface area contributed by atoms with E-state index in [2.05, 4.69) is 24.8 Å². The van der Waals surface area contributed by atoms with Crippen molar-refractivity contribution in [3.05, 3.63) is 24.5 Å². The maximum atomic E-state index is 13.3. The normalized spacial score (nSPS) is 13.9. The highest BCUT2D eigenvalue weighted by Crippen LogP contribution is 2.33. The fourth-order valence-corrected chi connectivity index (χ4v) is 1.60. The van der Waals surface area contributed by atoms with Crippen molar-refractivity contribution in [3.63, 3.8) is 0 Å². The highest BCUT2D eigenvalue weighted by atomic mass is 19.4. The molecule has 0 aliphatic heterocycles. The first-order chi connectivity index (χ1) is 10.6. The number of halogens is 5. The van der Waals surface area contributed by atoms with Crippen LogP contribution in [0, 0.1) is 6.92 Å². The molecule has 0 saturated carbocycles. The van der Waals surface area contributed by atoms with Crippen LogP contribution >= 0.6 is 0 Å². The molecule has 0 aliphatic rings. The summed E-state index contributed by atoms with van der Waals surface area (Å²) in [6.45, 7) is -0.299. The minimum absolute atomic E-state index is 0.159. The van der Waals surface area contributed by atoms with E-state index >= 15 is 0 Å². The van der Waals surface area contributed by atoms with Crippen LogP contribution in [0.1, 0.15) is 5.56 Å². The number of nitrogens with zero attached hydrogens (tertiary/aromatic N) is 5. The van der Waals surface area contributed by atoms with E-state index in [9.17, 15) is 22.0 Å². The van der Waals surface area contributed by atoms with Gasteiger partial charge in [-0.25, -0.2) is 19.6 Å². The Morgan fingerprint density at radius 3 is 2.48 bits per heavy atom. The Balaban J connectivity index is 2.17. The van der Waals surface area contributed by atoms with Crippen LogP contribution in [-0.4, -0.2) is 54.6 Å². The third-order valence-corrected chi connectivity index (χ3v) is 2.76. The van der Waals surface area contributed by atoms with Gasteiger partial charge in [-0.2, -0.15) is 27.1 Å². The Morgan fingerprint density at radius 2 is 1.91 bits per heavy atom. The molecule has 0 bridgehead atoms. The van der Waals surface area contributed by atoms with E-state index < -0.39 is 24.8 Å². The van der Waals surface area contributed by atoms with Gasteiger partial charge in [0.15, 0.2) is 12.4 Å². The zero-order valence-electron chi connectivity index (χ0n) is 11.5. The minimum Gasteiger partial charge on any atom is -0.471 e. The predicted octanol–water partition coefficient (Wildman–Crippen LogP) is 1.30. The highest BCUT2D eigenvalue weighted by Gasteiger charge is 2.55. The topological polar surface area (TPSA) is 86.0 Å². The number of rotatable bonds is 5. The predicted molar refractivity (Wildman–Crippen MR) is 64.2 cm³/mol. The average Bonchev–Trinajstić information content (AvgIpc) is 2.98. The Bertz CT molecular complexity index is 661. The van der Waals surface area contributed by atoms with Gasteiger partial charge in [0.05, 0.1) is 5.56 Å². The van der Waals surface area contributed by atoms with Crippen LogP contribution in [0.3, 0.4) is 0 Å². The molecule has 2 heterocycles. The number of hydrogen-bond donors (Lipinski definition) is 1. The van der Waals surface area contributed by atoms with Crippen molar-refractivity contribution >= 4 is 0 Å². The lowest BCUT2D eigenvalue weighted by Crippen LogP contribution is -2.48. The second-order valence-corrected chi connectivity index (χ2v) is 4.46. The van der Waals surface area contributed by atoms with Crippen molar-refractivity contribution in [2.45, 2.75) is 25.1 Å². The van der Waals surface area contributed by atoms with Gasteiger partial charge in [-0.3, -0.25) is 0 Å². The van der Waals surface area contributed by atoms with Gasteiger partial charge in [0.1, 0.15) is 19.0 Å². The number of alkyl halides is 5. The number of aliphatic hydroxyl groups is 1. The molecule has 0 fully saturated rings. The first-order valence-electron chi connectivity index (χ1n) is 6.05. The molecule has 1 N–H and O–H groups in total. The minimum atomic E-state index is -5.47. The number of hydrogen-bond acceptors (Lipinski definition) is 6. The van der Waals surface area contributed by atoms with Crippen LogP contribution in [0.4, 0.5) is 22.0 Å². The molecular weight excluding hydrogens is 329 g/mol. The van der Waals surface area contributed by atoms with Crippen LogP contribution in [0.25, 0.3) is 5.82 Å². The summed E-state index contributed by atoms with van der Waals surface area (Å²) >= 11 is 0. The Hall–Kier alpha value is -2.37. The van der Waals surface area contributed by atoms with E-state index in [-0.39, 0.29) is 17.3 Å². The number of ether oxygens (including phenoxy) is 1. The smallest absolute Gasteiger partial charge is 0.420 e. The van der Waals surface area contributed by atoms with Gasteiger partial charge in [-0.05, 0) is 6.92 Å².